The Bertz CT molecular complexity index is 1960. The van der Waals surface area contributed by atoms with Gasteiger partial charge in [0.05, 0.1) is 33.8 Å². The Morgan fingerprint density at radius 3 is 0.731 bits per heavy atom. The van der Waals surface area contributed by atoms with Gasteiger partial charge in [0.15, 0.2) is 34.7 Å². The Hall–Kier alpha value is -5.32. The van der Waals surface area contributed by atoms with E-state index in [9.17, 15) is 28.8 Å². The summed E-state index contributed by atoms with van der Waals surface area (Å²) in [5, 5.41) is 0.194. The number of methoxy groups -OCH3 is 4. The molecule has 0 fully saturated rings. The molecule has 15 rings (SSSR count). The number of ketones is 6. The molecule has 52 heavy (non-hydrogen) atoms. The molecule has 268 valence electrons. The molecule has 0 atom stereocenters. The standard InChI is InChI=1S/C39H32O10.CH2Cl2/c1-46-36-18-28-8-24-14-35(45)25(15-34(24)44)9-29-19-37(47-2)27(17-39(29)49-4)7-23-13-31(41)21(11-33(23)43)5-20-10-32(42)22(12-30(20)40)6-26(36)16-38(28)48-3;2-1-3/h10-19H,5-9H2,1-4H3;1H2. The molecule has 2 aromatic carbocycles. The largest absolute Gasteiger partial charge is 0.496 e. The van der Waals surface area contributed by atoms with Gasteiger partial charge in [0, 0.05) is 87.8 Å². The molecule has 0 aliphatic heterocycles. The molecule has 13 aliphatic carbocycles. The quantitative estimate of drug-likeness (QED) is 0.294. The lowest BCUT2D eigenvalue weighted by atomic mass is 9.85. The van der Waals surface area contributed by atoms with E-state index in [4.69, 9.17) is 42.1 Å². The molecule has 13 aliphatic rings. The number of carbonyl (C=O) groups excluding carboxylic acids is 6. The molecule has 0 saturated carbocycles. The van der Waals surface area contributed by atoms with E-state index < -0.39 is 23.1 Å². The molecule has 10 bridgehead atoms. The van der Waals surface area contributed by atoms with Crippen molar-refractivity contribution in [1.82, 2.24) is 0 Å². The van der Waals surface area contributed by atoms with E-state index in [2.05, 4.69) is 0 Å². The Labute approximate surface area is 310 Å². The van der Waals surface area contributed by atoms with Gasteiger partial charge in [0.1, 0.15) is 23.0 Å². The molecule has 12 heteroatoms. The lowest BCUT2D eigenvalue weighted by Gasteiger charge is -2.19. The molecule has 0 N–H and O–H groups in total. The zero-order valence-electron chi connectivity index (χ0n) is 28.9. The van der Waals surface area contributed by atoms with Crippen LogP contribution in [0.15, 0.2) is 94.2 Å². The maximum Gasteiger partial charge on any atom is 0.182 e. The molecule has 0 aromatic heterocycles. The first-order valence-electron chi connectivity index (χ1n) is 16.0. The van der Waals surface area contributed by atoms with Gasteiger partial charge in [-0.15, -0.1) is 23.2 Å². The third kappa shape index (κ3) is 8.09. The van der Waals surface area contributed by atoms with Gasteiger partial charge in [-0.25, -0.2) is 0 Å². The SMILES string of the molecule is COc1cc2c(OC)cc1CC1=CC(=O)C(=CC1=O)CC1=CC(=O)C(=CC1=O)Cc1cc(OC)c(cc1OC)CC1=CC(=O)C(=CC1=O)C2.ClCCl. The monoisotopic (exact) mass is 744 g/mol. The maximum atomic E-state index is 13.4. The minimum atomic E-state index is -0.449. The van der Waals surface area contributed by atoms with E-state index in [1.807, 2.05) is 0 Å². The van der Waals surface area contributed by atoms with Crippen LogP contribution in [0, 0.1) is 0 Å². The fourth-order valence-electron chi connectivity index (χ4n) is 6.39. The van der Waals surface area contributed by atoms with Gasteiger partial charge in [0.25, 0.3) is 0 Å². The van der Waals surface area contributed by atoms with Crippen LogP contribution in [-0.2, 0) is 54.5 Å². The van der Waals surface area contributed by atoms with Crippen molar-refractivity contribution >= 4 is 57.9 Å². The third-order valence-electron chi connectivity index (χ3n) is 9.00. The molecule has 0 radical (unpaired) electrons. The number of ether oxygens (including phenoxy) is 4. The Morgan fingerprint density at radius 1 is 0.385 bits per heavy atom. The molecule has 0 amide bonds. The lowest BCUT2D eigenvalue weighted by Crippen LogP contribution is -2.19. The van der Waals surface area contributed by atoms with Crippen molar-refractivity contribution in [2.45, 2.75) is 32.1 Å². The summed E-state index contributed by atoms with van der Waals surface area (Å²) < 4.78 is 22.5. The first kappa shape index (κ1) is 37.9. The number of halogens is 2. The smallest absolute Gasteiger partial charge is 0.182 e. The summed E-state index contributed by atoms with van der Waals surface area (Å²) in [6.45, 7) is 0. The molecule has 2 aromatic rings. The van der Waals surface area contributed by atoms with Crippen molar-refractivity contribution in [3.05, 3.63) is 116 Å². The zero-order valence-corrected chi connectivity index (χ0v) is 30.4. The van der Waals surface area contributed by atoms with Crippen LogP contribution in [0.5, 0.6) is 23.0 Å². The molecule has 0 unspecified atom stereocenters. The second-order valence-electron chi connectivity index (χ2n) is 12.1. The highest BCUT2D eigenvalue weighted by molar-refractivity contribution is 6.40. The molecular weight excluding hydrogens is 711 g/mol. The van der Waals surface area contributed by atoms with E-state index in [1.165, 1.54) is 64.9 Å². The van der Waals surface area contributed by atoms with E-state index in [0.29, 0.717) is 45.3 Å². The van der Waals surface area contributed by atoms with Gasteiger partial charge in [-0.3, -0.25) is 28.8 Å². The fourth-order valence-corrected chi connectivity index (χ4v) is 6.39. The molecular formula is C40H34Cl2O10. The maximum absolute atomic E-state index is 13.4. The Balaban J connectivity index is 0.00000168. The van der Waals surface area contributed by atoms with Crippen LogP contribution < -0.4 is 18.9 Å². The highest BCUT2D eigenvalue weighted by Crippen LogP contribution is 2.36. The Morgan fingerprint density at radius 2 is 0.558 bits per heavy atom. The molecule has 0 heterocycles. The first-order valence-corrected chi connectivity index (χ1v) is 17.1. The molecule has 10 nitrogen and oxygen atoms in total. The van der Waals surface area contributed by atoms with Gasteiger partial charge < -0.3 is 18.9 Å². The van der Waals surface area contributed by atoms with Crippen molar-refractivity contribution in [1.29, 1.82) is 0 Å². The van der Waals surface area contributed by atoms with Crippen LogP contribution >= 0.6 is 23.2 Å². The summed E-state index contributed by atoms with van der Waals surface area (Å²) in [4.78, 5) is 79.6. The summed E-state index contributed by atoms with van der Waals surface area (Å²) >= 11 is 9.53. The summed E-state index contributed by atoms with van der Waals surface area (Å²) in [6, 6.07) is 6.72. The number of hydrogen-bond acceptors (Lipinski definition) is 10. The van der Waals surface area contributed by atoms with Crippen LogP contribution in [0.4, 0.5) is 0 Å². The van der Waals surface area contributed by atoms with E-state index in [-0.39, 0.29) is 82.4 Å². The van der Waals surface area contributed by atoms with E-state index >= 15 is 0 Å². The van der Waals surface area contributed by atoms with Gasteiger partial charge in [-0.05, 0) is 60.7 Å². The van der Waals surface area contributed by atoms with Crippen LogP contribution in [0.25, 0.3) is 0 Å². The topological polar surface area (TPSA) is 139 Å². The number of hydrogen-bond donors (Lipinski definition) is 0. The van der Waals surface area contributed by atoms with E-state index in [1.54, 1.807) is 24.3 Å². The summed E-state index contributed by atoms with van der Waals surface area (Å²) in [6.07, 6.45) is 7.57. The third-order valence-corrected chi connectivity index (χ3v) is 9.00. The average Bonchev–Trinajstić information content (AvgIpc) is 3.11. The number of allylic oxidation sites excluding steroid dienone is 12. The zero-order chi connectivity index (χ0) is 37.7. The minimum absolute atomic E-state index is 0.0409. The fraction of sp³-hybridized carbons (Fsp3) is 0.250. The summed E-state index contributed by atoms with van der Waals surface area (Å²) in [5.41, 5.74) is 3.42. The number of rotatable bonds is 4. The molecule has 0 spiro atoms. The number of benzene rings is 2. The average molecular weight is 746 g/mol. The van der Waals surface area contributed by atoms with Crippen molar-refractivity contribution in [3.63, 3.8) is 0 Å². The van der Waals surface area contributed by atoms with Gasteiger partial charge in [-0.1, -0.05) is 0 Å². The highest BCUT2D eigenvalue weighted by Gasteiger charge is 2.29. The molecule has 0 saturated heterocycles. The first-order chi connectivity index (χ1) is 24.9. The Kier molecular flexibility index (Phi) is 11.9. The summed E-state index contributed by atoms with van der Waals surface area (Å²) in [7, 11) is 5.85. The summed E-state index contributed by atoms with van der Waals surface area (Å²) in [5.74, 6) is -0.815. The van der Waals surface area contributed by atoms with Crippen molar-refractivity contribution in [3.8, 4) is 23.0 Å². The predicted octanol–water partition coefficient (Wildman–Crippen LogP) is 5.43. The van der Waals surface area contributed by atoms with Crippen molar-refractivity contribution < 1.29 is 47.7 Å². The predicted molar refractivity (Wildman–Crippen MR) is 194 cm³/mol. The normalized spacial score (nSPS) is 17.3. The lowest BCUT2D eigenvalue weighted by molar-refractivity contribution is -0.116. The number of carbonyl (C=O) groups is 6. The number of alkyl halides is 2. The van der Waals surface area contributed by atoms with Crippen LogP contribution in [0.2, 0.25) is 0 Å². The van der Waals surface area contributed by atoms with Crippen molar-refractivity contribution in [2.24, 2.45) is 0 Å². The van der Waals surface area contributed by atoms with Crippen LogP contribution in [-0.4, -0.2) is 68.5 Å². The second-order valence-corrected chi connectivity index (χ2v) is 12.9. The van der Waals surface area contributed by atoms with Gasteiger partial charge in [-0.2, -0.15) is 0 Å². The highest BCUT2D eigenvalue weighted by atomic mass is 35.5. The minimum Gasteiger partial charge on any atom is -0.496 e. The van der Waals surface area contributed by atoms with Gasteiger partial charge >= 0.3 is 0 Å². The van der Waals surface area contributed by atoms with Crippen molar-refractivity contribution in [2.75, 3.05) is 33.8 Å². The second kappa shape index (κ2) is 16.4. The van der Waals surface area contributed by atoms with Crippen LogP contribution in [0.3, 0.4) is 0 Å². The van der Waals surface area contributed by atoms with Crippen LogP contribution in [0.1, 0.15) is 28.7 Å². The van der Waals surface area contributed by atoms with E-state index in [0.717, 1.165) is 0 Å². The van der Waals surface area contributed by atoms with Gasteiger partial charge in [0.2, 0.25) is 0 Å².